The van der Waals surface area contributed by atoms with Crippen molar-refractivity contribution in [2.45, 2.75) is 12.8 Å². The van der Waals surface area contributed by atoms with Gasteiger partial charge in [0.05, 0.1) is 5.56 Å². The fourth-order valence-corrected chi connectivity index (χ4v) is 1.54. The first-order chi connectivity index (χ1) is 9.57. The normalized spacial score (nSPS) is 12.7. The highest BCUT2D eigenvalue weighted by Crippen LogP contribution is 2.14. The highest BCUT2D eigenvalue weighted by molar-refractivity contribution is 5.89. The van der Waals surface area contributed by atoms with Crippen LogP contribution in [0.15, 0.2) is 60.7 Å². The summed E-state index contributed by atoms with van der Waals surface area (Å²) in [5, 5.41) is 0. The molecule has 20 heavy (non-hydrogen) atoms. The maximum absolute atomic E-state index is 14.1. The van der Waals surface area contributed by atoms with E-state index in [0.717, 1.165) is 6.92 Å². The van der Waals surface area contributed by atoms with Crippen LogP contribution in [0.4, 0.5) is 4.39 Å². The number of hydrogen-bond donors (Lipinski definition) is 0. The molecule has 0 aliphatic carbocycles. The number of ether oxygens (including phenoxy) is 1. The molecular formula is C17H13FO2. The largest absolute Gasteiger partial charge is 0.413 e. The standard InChI is InChI=1S/C17H13FO2/c1-17(18,13-12-14-8-4-2-5-9-14)20-16(19)15-10-6-3-7-11-15/h2-11H,1H3. The third kappa shape index (κ3) is 3.96. The van der Waals surface area contributed by atoms with E-state index in [2.05, 4.69) is 11.8 Å². The molecular weight excluding hydrogens is 255 g/mol. The molecule has 100 valence electrons. The molecule has 2 rings (SSSR count). The van der Waals surface area contributed by atoms with Gasteiger partial charge in [-0.3, -0.25) is 0 Å². The Kier molecular flexibility index (Phi) is 4.17. The minimum atomic E-state index is -2.33. The number of halogens is 1. The zero-order valence-electron chi connectivity index (χ0n) is 11.0. The van der Waals surface area contributed by atoms with Crippen molar-refractivity contribution in [1.29, 1.82) is 0 Å². The first-order valence-corrected chi connectivity index (χ1v) is 6.12. The van der Waals surface area contributed by atoms with Crippen molar-refractivity contribution in [1.82, 2.24) is 0 Å². The Morgan fingerprint density at radius 3 is 2.20 bits per heavy atom. The summed E-state index contributed by atoms with van der Waals surface area (Å²) in [5.74, 6) is 1.89. The Bertz CT molecular complexity index is 637. The van der Waals surface area contributed by atoms with E-state index < -0.39 is 11.8 Å². The first-order valence-electron chi connectivity index (χ1n) is 6.12. The molecule has 0 N–H and O–H groups in total. The maximum atomic E-state index is 14.1. The van der Waals surface area contributed by atoms with Crippen LogP contribution in [0.2, 0.25) is 0 Å². The van der Waals surface area contributed by atoms with E-state index in [0.29, 0.717) is 5.56 Å². The van der Waals surface area contributed by atoms with Crippen molar-refractivity contribution in [3.63, 3.8) is 0 Å². The van der Waals surface area contributed by atoms with Crippen molar-refractivity contribution in [3.8, 4) is 11.8 Å². The zero-order valence-corrected chi connectivity index (χ0v) is 11.0. The van der Waals surface area contributed by atoms with Gasteiger partial charge in [-0.2, -0.15) is 4.39 Å². The molecule has 0 spiro atoms. The van der Waals surface area contributed by atoms with Gasteiger partial charge in [0.1, 0.15) is 0 Å². The SMILES string of the molecule is CC(F)(C#Cc1ccccc1)OC(=O)c1ccccc1. The molecule has 1 atom stereocenters. The molecule has 2 nitrogen and oxygen atoms in total. The summed E-state index contributed by atoms with van der Waals surface area (Å²) in [6.45, 7) is 1.11. The molecule has 1 unspecified atom stereocenters. The maximum Gasteiger partial charge on any atom is 0.341 e. The molecule has 0 aromatic heterocycles. The average Bonchev–Trinajstić information content (AvgIpc) is 2.47. The Labute approximate surface area is 117 Å². The minimum Gasteiger partial charge on any atom is -0.413 e. The summed E-state index contributed by atoms with van der Waals surface area (Å²) in [4.78, 5) is 11.7. The van der Waals surface area contributed by atoms with Crippen molar-refractivity contribution in [2.75, 3.05) is 0 Å². The Morgan fingerprint density at radius 2 is 1.60 bits per heavy atom. The van der Waals surface area contributed by atoms with Gasteiger partial charge in [0.2, 0.25) is 0 Å². The minimum absolute atomic E-state index is 0.290. The molecule has 0 bridgehead atoms. The third-order valence-corrected chi connectivity index (χ3v) is 2.50. The molecule has 0 aliphatic heterocycles. The smallest absolute Gasteiger partial charge is 0.341 e. The second-order valence-electron chi connectivity index (χ2n) is 4.29. The predicted octanol–water partition coefficient (Wildman–Crippen LogP) is 3.58. The molecule has 3 heteroatoms. The monoisotopic (exact) mass is 268 g/mol. The van der Waals surface area contributed by atoms with Crippen LogP contribution in [0.25, 0.3) is 0 Å². The Balaban J connectivity index is 2.08. The van der Waals surface area contributed by atoms with Gasteiger partial charge >= 0.3 is 11.8 Å². The van der Waals surface area contributed by atoms with Crippen molar-refractivity contribution >= 4 is 5.97 Å². The van der Waals surface area contributed by atoms with Gasteiger partial charge in [-0.1, -0.05) is 42.3 Å². The number of esters is 1. The lowest BCUT2D eigenvalue weighted by molar-refractivity contribution is -0.0483. The summed E-state index contributed by atoms with van der Waals surface area (Å²) in [6.07, 6.45) is 0. The molecule has 0 fully saturated rings. The van der Waals surface area contributed by atoms with Gasteiger partial charge < -0.3 is 4.74 Å². The summed E-state index contributed by atoms with van der Waals surface area (Å²) >= 11 is 0. The molecule has 0 amide bonds. The van der Waals surface area contributed by atoms with E-state index in [1.165, 1.54) is 0 Å². The average molecular weight is 268 g/mol. The number of hydrogen-bond acceptors (Lipinski definition) is 2. The fourth-order valence-electron chi connectivity index (χ4n) is 1.54. The van der Waals surface area contributed by atoms with Gasteiger partial charge in [0.25, 0.3) is 0 Å². The molecule has 0 saturated heterocycles. The highest BCUT2D eigenvalue weighted by atomic mass is 19.2. The van der Waals surface area contributed by atoms with Gasteiger partial charge in [-0.25, -0.2) is 4.79 Å². The van der Waals surface area contributed by atoms with Gasteiger partial charge in [-0.05, 0) is 30.2 Å². The molecule has 0 aliphatic rings. The van der Waals surface area contributed by atoms with E-state index in [4.69, 9.17) is 4.74 Å². The summed E-state index contributed by atoms with van der Waals surface area (Å²) in [7, 11) is 0. The lowest BCUT2D eigenvalue weighted by Gasteiger charge is -2.14. The van der Waals surface area contributed by atoms with Crippen molar-refractivity contribution < 1.29 is 13.9 Å². The molecule has 2 aromatic rings. The van der Waals surface area contributed by atoms with Crippen LogP contribution >= 0.6 is 0 Å². The van der Waals surface area contributed by atoms with E-state index in [1.54, 1.807) is 54.6 Å². The summed E-state index contributed by atoms with van der Waals surface area (Å²) in [6, 6.07) is 17.2. The quantitative estimate of drug-likeness (QED) is 0.614. The highest BCUT2D eigenvalue weighted by Gasteiger charge is 2.25. The lowest BCUT2D eigenvalue weighted by Crippen LogP contribution is -2.24. The van der Waals surface area contributed by atoms with Gasteiger partial charge in [-0.15, -0.1) is 0 Å². The predicted molar refractivity (Wildman–Crippen MR) is 74.7 cm³/mol. The van der Waals surface area contributed by atoms with E-state index in [9.17, 15) is 9.18 Å². The third-order valence-electron chi connectivity index (χ3n) is 2.50. The van der Waals surface area contributed by atoms with E-state index >= 15 is 0 Å². The first kappa shape index (κ1) is 13.8. The van der Waals surface area contributed by atoms with Crippen LogP contribution < -0.4 is 0 Å². The molecule has 2 aromatic carbocycles. The van der Waals surface area contributed by atoms with Gasteiger partial charge in [0.15, 0.2) is 0 Å². The molecule has 0 radical (unpaired) electrons. The Morgan fingerprint density at radius 1 is 1.05 bits per heavy atom. The number of carbonyl (C=O) groups excluding carboxylic acids is 1. The summed E-state index contributed by atoms with van der Waals surface area (Å²) in [5.41, 5.74) is 0.949. The second-order valence-corrected chi connectivity index (χ2v) is 4.29. The summed E-state index contributed by atoms with van der Waals surface area (Å²) < 4.78 is 18.9. The zero-order chi connectivity index (χ0) is 14.4. The van der Waals surface area contributed by atoms with Crippen molar-refractivity contribution in [2.24, 2.45) is 0 Å². The van der Waals surface area contributed by atoms with Crippen LogP contribution in [-0.4, -0.2) is 11.8 Å². The molecule has 0 heterocycles. The number of carbonyl (C=O) groups is 1. The van der Waals surface area contributed by atoms with Gasteiger partial charge in [0, 0.05) is 12.5 Å². The topological polar surface area (TPSA) is 26.3 Å². The number of rotatable bonds is 2. The second kappa shape index (κ2) is 6.03. The Hall–Kier alpha value is -2.60. The van der Waals surface area contributed by atoms with Crippen LogP contribution in [0, 0.1) is 11.8 Å². The van der Waals surface area contributed by atoms with E-state index in [-0.39, 0.29) is 5.56 Å². The fraction of sp³-hybridized carbons (Fsp3) is 0.118. The number of alkyl halides is 1. The molecule has 0 saturated carbocycles. The number of benzene rings is 2. The van der Waals surface area contributed by atoms with Crippen LogP contribution in [0.1, 0.15) is 22.8 Å². The van der Waals surface area contributed by atoms with Crippen LogP contribution in [0.5, 0.6) is 0 Å². The van der Waals surface area contributed by atoms with Crippen molar-refractivity contribution in [3.05, 3.63) is 71.8 Å². The van der Waals surface area contributed by atoms with Crippen LogP contribution in [0.3, 0.4) is 0 Å². The van der Waals surface area contributed by atoms with E-state index in [1.807, 2.05) is 6.07 Å². The lowest BCUT2D eigenvalue weighted by atomic mass is 10.2. The van der Waals surface area contributed by atoms with Crippen LogP contribution in [-0.2, 0) is 4.74 Å².